The average molecular weight is 108 g/mol. The quantitative estimate of drug-likeness (QED) is 0.155. The summed E-state index contributed by atoms with van der Waals surface area (Å²) in [7, 11) is 0. The first-order valence-corrected chi connectivity index (χ1v) is 2.07. The van der Waals surface area contributed by atoms with E-state index < -0.39 is 4.87 Å². The van der Waals surface area contributed by atoms with E-state index in [-0.39, 0.29) is 18.9 Å². The zero-order valence-corrected chi connectivity index (χ0v) is 5.63. The molecule has 0 atom stereocenters. The van der Waals surface area contributed by atoms with Gasteiger partial charge in [0.2, 0.25) is 0 Å². The van der Waals surface area contributed by atoms with Crippen LogP contribution in [0.3, 0.4) is 0 Å². The molecule has 0 aromatic rings. The molecule has 0 unspecified atom stereocenters. The fourth-order valence-corrected chi connectivity index (χ4v) is 0. The molecule has 0 spiro atoms. The van der Waals surface area contributed by atoms with Crippen LogP contribution in [0.2, 0.25) is 0 Å². The number of hydrogen-bond acceptors (Lipinski definition) is 0. The van der Waals surface area contributed by atoms with Crippen molar-refractivity contribution in [1.29, 1.82) is 0 Å². The minimum absolute atomic E-state index is 0. The molecule has 2 heteroatoms. The maximum absolute atomic E-state index is 6.47. The second-order valence-electron chi connectivity index (χ2n) is 1.60. The standard InChI is InChI=1S/C5H6Cl.Li/c1-4-5(2,3)6;/h2-3H3;/q-1;+1. The predicted molar refractivity (Wildman–Crippen MR) is 27.1 cm³/mol. The monoisotopic (exact) mass is 108 g/mol. The first kappa shape index (κ1) is 10.4. The van der Waals surface area contributed by atoms with Crippen molar-refractivity contribution in [2.45, 2.75) is 18.7 Å². The van der Waals surface area contributed by atoms with Crippen LogP contribution in [0.5, 0.6) is 0 Å². The maximum atomic E-state index is 6.47. The second kappa shape index (κ2) is 3.45. The van der Waals surface area contributed by atoms with Crippen molar-refractivity contribution in [1.82, 2.24) is 0 Å². The molecule has 0 aliphatic heterocycles. The molecular formula is C5H6ClLi. The minimum atomic E-state index is -0.569. The van der Waals surface area contributed by atoms with Crippen molar-refractivity contribution in [2.24, 2.45) is 0 Å². The van der Waals surface area contributed by atoms with Crippen molar-refractivity contribution in [3.63, 3.8) is 0 Å². The van der Waals surface area contributed by atoms with Crippen LogP contribution in [0, 0.1) is 12.3 Å². The summed E-state index contributed by atoms with van der Waals surface area (Å²) < 4.78 is 0. The predicted octanol–water partition coefficient (Wildman–Crippen LogP) is -1.40. The van der Waals surface area contributed by atoms with Crippen LogP contribution >= 0.6 is 11.6 Å². The van der Waals surface area contributed by atoms with Gasteiger partial charge >= 0.3 is 18.9 Å². The van der Waals surface area contributed by atoms with Crippen molar-refractivity contribution in [2.75, 3.05) is 0 Å². The first-order valence-electron chi connectivity index (χ1n) is 1.69. The van der Waals surface area contributed by atoms with E-state index in [1.54, 1.807) is 13.8 Å². The van der Waals surface area contributed by atoms with Gasteiger partial charge in [0.1, 0.15) is 0 Å². The van der Waals surface area contributed by atoms with Crippen LogP contribution in [-0.4, -0.2) is 4.87 Å². The van der Waals surface area contributed by atoms with Crippen molar-refractivity contribution < 1.29 is 18.9 Å². The summed E-state index contributed by atoms with van der Waals surface area (Å²) in [6.45, 7) is 3.42. The third-order valence-electron chi connectivity index (χ3n) is 0.297. The zero-order chi connectivity index (χ0) is 5.21. The fourth-order valence-electron chi connectivity index (χ4n) is 0. The molecule has 0 N–H and O–H groups in total. The SMILES string of the molecule is [C-]#CC(C)(C)Cl.[Li+]. The summed E-state index contributed by atoms with van der Waals surface area (Å²) in [5.74, 6) is 2.12. The third-order valence-corrected chi connectivity index (χ3v) is 0.392. The molecule has 0 amide bonds. The van der Waals surface area contributed by atoms with E-state index in [4.69, 9.17) is 18.0 Å². The largest absolute Gasteiger partial charge is 1.00 e. The van der Waals surface area contributed by atoms with E-state index in [0.29, 0.717) is 0 Å². The fraction of sp³-hybridized carbons (Fsp3) is 0.600. The molecule has 0 aliphatic rings. The van der Waals surface area contributed by atoms with Crippen molar-refractivity contribution >= 4 is 11.6 Å². The number of alkyl halides is 1. The van der Waals surface area contributed by atoms with E-state index >= 15 is 0 Å². The van der Waals surface area contributed by atoms with Crippen LogP contribution in [0.15, 0.2) is 0 Å². The maximum Gasteiger partial charge on any atom is 1.00 e. The van der Waals surface area contributed by atoms with Gasteiger partial charge in [-0.15, -0.1) is 11.6 Å². The minimum Gasteiger partial charge on any atom is -0.692 e. The van der Waals surface area contributed by atoms with Gasteiger partial charge in [0.05, 0.1) is 4.87 Å². The Bertz CT molecular complexity index is 75.1. The van der Waals surface area contributed by atoms with E-state index in [1.807, 2.05) is 0 Å². The van der Waals surface area contributed by atoms with E-state index in [0.717, 1.165) is 0 Å². The molecule has 0 aromatic heterocycles. The van der Waals surface area contributed by atoms with Gasteiger partial charge < -0.3 is 12.3 Å². The molecule has 0 saturated carbocycles. The Hall–Kier alpha value is 0.447. The normalized spacial score (nSPS) is 8.86. The third kappa shape index (κ3) is 10.7. The molecule has 7 heavy (non-hydrogen) atoms. The van der Waals surface area contributed by atoms with Gasteiger partial charge in [-0.25, -0.2) is 0 Å². The molecular weight excluding hydrogens is 102 g/mol. The molecule has 0 bridgehead atoms. The molecule has 0 fully saturated rings. The zero-order valence-electron chi connectivity index (χ0n) is 4.88. The summed E-state index contributed by atoms with van der Waals surface area (Å²) in [4.78, 5) is -0.569. The van der Waals surface area contributed by atoms with Gasteiger partial charge in [-0.1, -0.05) is 0 Å². The molecule has 0 rings (SSSR count). The number of halogens is 1. The number of hydrogen-bond donors (Lipinski definition) is 0. The Kier molecular flexibility index (Phi) is 5.14. The van der Waals surface area contributed by atoms with Crippen LogP contribution in [0.25, 0.3) is 0 Å². The van der Waals surface area contributed by atoms with Gasteiger partial charge in [-0.2, -0.15) is 0 Å². The van der Waals surface area contributed by atoms with Crippen LogP contribution < -0.4 is 18.9 Å². The van der Waals surface area contributed by atoms with Crippen molar-refractivity contribution in [3.8, 4) is 5.92 Å². The first-order chi connectivity index (χ1) is 2.56. The molecule has 0 aromatic carbocycles. The van der Waals surface area contributed by atoms with E-state index in [9.17, 15) is 0 Å². The number of rotatable bonds is 0. The topological polar surface area (TPSA) is 0 Å². The Labute approximate surface area is 61.8 Å². The molecule has 0 heterocycles. The Morgan fingerprint density at radius 3 is 1.71 bits per heavy atom. The summed E-state index contributed by atoms with van der Waals surface area (Å²) in [6.07, 6.45) is 6.47. The smallest absolute Gasteiger partial charge is 0.692 e. The molecule has 34 valence electrons. The van der Waals surface area contributed by atoms with Gasteiger partial charge in [0.25, 0.3) is 0 Å². The molecule has 0 nitrogen and oxygen atoms in total. The average Bonchev–Trinajstić information content (AvgIpc) is 1.35. The summed E-state index contributed by atoms with van der Waals surface area (Å²) in [5.41, 5.74) is 0. The van der Waals surface area contributed by atoms with Gasteiger partial charge in [-0.3, -0.25) is 0 Å². The summed E-state index contributed by atoms with van der Waals surface area (Å²) in [5, 5.41) is 0. The summed E-state index contributed by atoms with van der Waals surface area (Å²) >= 11 is 5.42. The Balaban J connectivity index is 0. The molecule has 0 aliphatic carbocycles. The van der Waals surface area contributed by atoms with Crippen LogP contribution in [0.4, 0.5) is 0 Å². The second-order valence-corrected chi connectivity index (χ2v) is 2.54. The van der Waals surface area contributed by atoms with Gasteiger partial charge in [0, 0.05) is 0 Å². The van der Waals surface area contributed by atoms with Crippen molar-refractivity contribution in [3.05, 3.63) is 6.42 Å². The van der Waals surface area contributed by atoms with E-state index in [2.05, 4.69) is 5.92 Å². The Morgan fingerprint density at radius 1 is 1.57 bits per heavy atom. The van der Waals surface area contributed by atoms with Crippen LogP contribution in [-0.2, 0) is 0 Å². The van der Waals surface area contributed by atoms with Gasteiger partial charge in [0.15, 0.2) is 0 Å². The molecule has 0 saturated heterocycles. The molecule has 0 radical (unpaired) electrons. The summed E-state index contributed by atoms with van der Waals surface area (Å²) in [6, 6.07) is 0. The van der Waals surface area contributed by atoms with Gasteiger partial charge in [-0.05, 0) is 13.8 Å². The van der Waals surface area contributed by atoms with E-state index in [1.165, 1.54) is 0 Å². The van der Waals surface area contributed by atoms with Crippen LogP contribution in [0.1, 0.15) is 13.8 Å². The Morgan fingerprint density at radius 2 is 1.71 bits per heavy atom.